The highest BCUT2D eigenvalue weighted by atomic mass is 35.5. The Hall–Kier alpha value is -1.87. The first kappa shape index (κ1) is 19.5. The number of halogens is 2. The summed E-state index contributed by atoms with van der Waals surface area (Å²) < 4.78 is 5.62. The first-order chi connectivity index (χ1) is 12.0. The van der Waals surface area contributed by atoms with Crippen molar-refractivity contribution in [2.75, 3.05) is 11.1 Å². The predicted molar refractivity (Wildman–Crippen MR) is 103 cm³/mol. The summed E-state index contributed by atoms with van der Waals surface area (Å²) >= 11 is 13.5. The molecule has 0 saturated heterocycles. The number of nitriles is 1. The van der Waals surface area contributed by atoms with Gasteiger partial charge in [0.2, 0.25) is 0 Å². The van der Waals surface area contributed by atoms with Crippen LogP contribution in [0.15, 0.2) is 47.4 Å². The minimum Gasteiger partial charge on any atom is -0.479 e. The fourth-order valence-electron chi connectivity index (χ4n) is 1.96. The second-order valence-corrected chi connectivity index (χ2v) is 6.98. The maximum atomic E-state index is 12.4. The van der Waals surface area contributed by atoms with E-state index in [2.05, 4.69) is 11.4 Å². The Morgan fingerprint density at radius 1 is 1.28 bits per heavy atom. The van der Waals surface area contributed by atoms with Gasteiger partial charge < -0.3 is 10.1 Å². The van der Waals surface area contributed by atoms with Crippen molar-refractivity contribution in [3.8, 4) is 11.8 Å². The number of anilines is 1. The monoisotopic (exact) mass is 394 g/mol. The molecule has 0 spiro atoms. The number of benzene rings is 2. The number of para-hydroxylation sites is 1. The van der Waals surface area contributed by atoms with Gasteiger partial charge in [-0.1, -0.05) is 41.4 Å². The molecule has 0 heterocycles. The molecule has 2 aromatic carbocycles. The Kier molecular flexibility index (Phi) is 7.45. The molecule has 0 bridgehead atoms. The lowest BCUT2D eigenvalue weighted by atomic mass is 10.3. The molecule has 0 aliphatic rings. The summed E-state index contributed by atoms with van der Waals surface area (Å²) in [5, 5.41) is 12.1. The van der Waals surface area contributed by atoms with Crippen LogP contribution in [0, 0.1) is 11.3 Å². The Morgan fingerprint density at radius 3 is 2.80 bits per heavy atom. The normalized spacial score (nSPS) is 11.4. The van der Waals surface area contributed by atoms with Crippen LogP contribution in [-0.4, -0.2) is 17.8 Å². The molecule has 0 aromatic heterocycles. The van der Waals surface area contributed by atoms with Crippen LogP contribution in [0.4, 0.5) is 5.69 Å². The number of carbonyl (C=O) groups is 1. The fourth-order valence-corrected chi connectivity index (χ4v) is 3.15. The zero-order chi connectivity index (χ0) is 18.2. The maximum Gasteiger partial charge on any atom is 0.265 e. The van der Waals surface area contributed by atoms with E-state index in [0.29, 0.717) is 28.6 Å². The van der Waals surface area contributed by atoms with Crippen molar-refractivity contribution in [2.24, 2.45) is 0 Å². The van der Waals surface area contributed by atoms with Crippen LogP contribution in [0.3, 0.4) is 0 Å². The molecular formula is C18H16Cl2N2O2S. The van der Waals surface area contributed by atoms with E-state index in [1.807, 2.05) is 24.3 Å². The summed E-state index contributed by atoms with van der Waals surface area (Å²) in [7, 11) is 0. The lowest BCUT2D eigenvalue weighted by Gasteiger charge is -2.17. The third kappa shape index (κ3) is 5.57. The second kappa shape index (κ2) is 9.57. The third-order valence-electron chi connectivity index (χ3n) is 3.21. The molecule has 1 amide bonds. The van der Waals surface area contributed by atoms with E-state index in [-0.39, 0.29) is 10.9 Å². The Balaban J connectivity index is 2.04. The van der Waals surface area contributed by atoms with Crippen LogP contribution in [0.25, 0.3) is 0 Å². The van der Waals surface area contributed by atoms with Crippen LogP contribution in [0.2, 0.25) is 10.0 Å². The number of nitrogens with one attached hydrogen (secondary N) is 1. The minimum atomic E-state index is -0.756. The van der Waals surface area contributed by atoms with Crippen LogP contribution >= 0.6 is 35.0 Å². The van der Waals surface area contributed by atoms with Gasteiger partial charge in [-0.3, -0.25) is 4.79 Å². The van der Waals surface area contributed by atoms with Crippen molar-refractivity contribution in [1.29, 1.82) is 5.26 Å². The average Bonchev–Trinajstić information content (AvgIpc) is 2.60. The van der Waals surface area contributed by atoms with Gasteiger partial charge in [-0.2, -0.15) is 5.26 Å². The van der Waals surface area contributed by atoms with Crippen molar-refractivity contribution in [3.63, 3.8) is 0 Å². The topological polar surface area (TPSA) is 62.1 Å². The van der Waals surface area contributed by atoms with Crippen molar-refractivity contribution < 1.29 is 9.53 Å². The second-order valence-electron chi connectivity index (χ2n) is 5.05. The minimum absolute atomic E-state index is 0.274. The zero-order valence-corrected chi connectivity index (χ0v) is 15.8. The van der Waals surface area contributed by atoms with Gasteiger partial charge in [0, 0.05) is 17.1 Å². The molecule has 1 atom stereocenters. The van der Waals surface area contributed by atoms with Gasteiger partial charge in [-0.25, -0.2) is 0 Å². The molecule has 25 heavy (non-hydrogen) atoms. The summed E-state index contributed by atoms with van der Waals surface area (Å²) in [4.78, 5) is 13.3. The smallest absolute Gasteiger partial charge is 0.265 e. The molecule has 0 aliphatic carbocycles. The first-order valence-electron chi connectivity index (χ1n) is 7.53. The van der Waals surface area contributed by atoms with E-state index >= 15 is 0 Å². The van der Waals surface area contributed by atoms with E-state index in [0.717, 1.165) is 4.90 Å². The highest BCUT2D eigenvalue weighted by Gasteiger charge is 2.18. The fraction of sp³-hybridized carbons (Fsp3) is 0.222. The largest absolute Gasteiger partial charge is 0.479 e. The summed E-state index contributed by atoms with van der Waals surface area (Å²) in [6.45, 7) is 1.64. The zero-order valence-electron chi connectivity index (χ0n) is 13.5. The number of hydrogen-bond donors (Lipinski definition) is 1. The molecule has 130 valence electrons. The molecule has 2 aromatic rings. The quantitative estimate of drug-likeness (QED) is 0.503. The van der Waals surface area contributed by atoms with E-state index in [1.165, 1.54) is 11.8 Å². The molecule has 0 radical (unpaired) electrons. The first-order valence-corrected chi connectivity index (χ1v) is 9.27. The lowest BCUT2D eigenvalue weighted by molar-refractivity contribution is -0.122. The third-order valence-corrected chi connectivity index (χ3v) is 5.08. The van der Waals surface area contributed by atoms with Crippen LogP contribution in [-0.2, 0) is 4.79 Å². The number of thioether (sulfide) groups is 1. The molecule has 0 unspecified atom stereocenters. The highest BCUT2D eigenvalue weighted by Crippen LogP contribution is 2.32. The number of rotatable bonds is 7. The number of ether oxygens (including phenoxy) is 1. The van der Waals surface area contributed by atoms with Gasteiger partial charge in [0.15, 0.2) is 6.10 Å². The van der Waals surface area contributed by atoms with Gasteiger partial charge in [-0.05, 0) is 31.2 Å². The van der Waals surface area contributed by atoms with Crippen LogP contribution in [0.1, 0.15) is 13.3 Å². The SMILES string of the molecule is C[C@@H](Oc1cccc(Cl)c1Cl)C(=O)Nc1ccccc1SCCC#N. The van der Waals surface area contributed by atoms with Gasteiger partial charge >= 0.3 is 0 Å². The summed E-state index contributed by atoms with van der Waals surface area (Å²) in [5.74, 6) is 0.714. The van der Waals surface area contributed by atoms with Gasteiger partial charge in [0.05, 0.1) is 16.8 Å². The van der Waals surface area contributed by atoms with Gasteiger partial charge in [0.1, 0.15) is 10.8 Å². The summed E-state index contributed by atoms with van der Waals surface area (Å²) in [6.07, 6.45) is -0.312. The number of nitrogens with zero attached hydrogens (tertiary/aromatic N) is 1. The molecule has 0 aliphatic heterocycles. The molecule has 1 N–H and O–H groups in total. The molecule has 7 heteroatoms. The Morgan fingerprint density at radius 2 is 2.04 bits per heavy atom. The van der Waals surface area contributed by atoms with Crippen molar-refractivity contribution in [3.05, 3.63) is 52.5 Å². The summed E-state index contributed by atoms with van der Waals surface area (Å²) in [6, 6.07) is 14.5. The van der Waals surface area contributed by atoms with Crippen LogP contribution < -0.4 is 10.1 Å². The van der Waals surface area contributed by atoms with Crippen LogP contribution in [0.5, 0.6) is 5.75 Å². The standard InChI is InChI=1S/C18H16Cl2N2O2S/c1-12(24-15-8-4-6-13(19)17(15)20)18(23)22-14-7-2-3-9-16(14)25-11-5-10-21/h2-4,6-9,12H,5,11H2,1H3,(H,22,23)/t12-/m1/s1. The van der Waals surface area contributed by atoms with Crippen molar-refractivity contribution >= 4 is 46.6 Å². The van der Waals surface area contributed by atoms with Crippen molar-refractivity contribution in [1.82, 2.24) is 0 Å². The molecule has 0 saturated carbocycles. The summed E-state index contributed by atoms with van der Waals surface area (Å²) in [5.41, 5.74) is 0.683. The van der Waals surface area contributed by atoms with Crippen molar-refractivity contribution in [2.45, 2.75) is 24.3 Å². The molecular weight excluding hydrogens is 379 g/mol. The number of amides is 1. The predicted octanol–water partition coefficient (Wildman–Crippen LogP) is 5.41. The maximum absolute atomic E-state index is 12.4. The molecule has 2 rings (SSSR count). The Labute approximate surface area is 161 Å². The highest BCUT2D eigenvalue weighted by molar-refractivity contribution is 7.99. The number of carbonyl (C=O) groups excluding carboxylic acids is 1. The van der Waals surface area contributed by atoms with E-state index < -0.39 is 6.10 Å². The number of hydrogen-bond acceptors (Lipinski definition) is 4. The Bertz CT molecular complexity index is 793. The average molecular weight is 395 g/mol. The van der Waals surface area contributed by atoms with E-state index in [4.69, 9.17) is 33.2 Å². The van der Waals surface area contributed by atoms with E-state index in [1.54, 1.807) is 25.1 Å². The van der Waals surface area contributed by atoms with Gasteiger partial charge in [-0.15, -0.1) is 11.8 Å². The lowest BCUT2D eigenvalue weighted by Crippen LogP contribution is -2.30. The molecule has 0 fully saturated rings. The van der Waals surface area contributed by atoms with Gasteiger partial charge in [0.25, 0.3) is 5.91 Å². The van der Waals surface area contributed by atoms with E-state index in [9.17, 15) is 4.79 Å². The molecule has 4 nitrogen and oxygen atoms in total.